The quantitative estimate of drug-likeness (QED) is 0.884. The highest BCUT2D eigenvalue weighted by atomic mass is 16.5. The van der Waals surface area contributed by atoms with Crippen LogP contribution >= 0.6 is 0 Å². The molecule has 0 saturated carbocycles. The standard InChI is InChI=1S/C13H16N4O/c1-3-9-4-5-10(15-7-9)6-11-12(18-2)13(14)17-8-16-11/h4-5,7-8H,3,6H2,1-2H3,(H2,14,16,17). The fraction of sp³-hybridized carbons (Fsp3) is 0.308. The van der Waals surface area contributed by atoms with Crippen LogP contribution in [0.25, 0.3) is 0 Å². The summed E-state index contributed by atoms with van der Waals surface area (Å²) >= 11 is 0. The maximum absolute atomic E-state index is 5.73. The predicted molar refractivity (Wildman–Crippen MR) is 69.4 cm³/mol. The first-order valence-electron chi connectivity index (χ1n) is 5.81. The molecule has 0 spiro atoms. The van der Waals surface area contributed by atoms with E-state index in [-0.39, 0.29) is 0 Å². The zero-order valence-electron chi connectivity index (χ0n) is 10.6. The first-order chi connectivity index (χ1) is 8.74. The Balaban J connectivity index is 2.25. The molecule has 5 heteroatoms. The van der Waals surface area contributed by atoms with Crippen LogP contribution in [-0.2, 0) is 12.8 Å². The number of hydrogen-bond donors (Lipinski definition) is 1. The maximum atomic E-state index is 5.73. The fourth-order valence-corrected chi connectivity index (χ4v) is 1.71. The zero-order chi connectivity index (χ0) is 13.0. The molecule has 5 nitrogen and oxygen atoms in total. The summed E-state index contributed by atoms with van der Waals surface area (Å²) in [4.78, 5) is 12.5. The van der Waals surface area contributed by atoms with Gasteiger partial charge in [-0.15, -0.1) is 0 Å². The molecule has 0 fully saturated rings. The molecule has 0 radical (unpaired) electrons. The molecule has 2 aromatic heterocycles. The monoisotopic (exact) mass is 244 g/mol. The molecule has 94 valence electrons. The molecule has 0 amide bonds. The number of nitrogens with zero attached hydrogens (tertiary/aromatic N) is 3. The van der Waals surface area contributed by atoms with Crippen molar-refractivity contribution in [1.82, 2.24) is 15.0 Å². The Hall–Kier alpha value is -2.17. The number of aromatic nitrogens is 3. The number of pyridine rings is 1. The van der Waals surface area contributed by atoms with Crippen molar-refractivity contribution in [3.05, 3.63) is 41.6 Å². The van der Waals surface area contributed by atoms with Gasteiger partial charge in [-0.1, -0.05) is 13.0 Å². The molecule has 2 rings (SSSR count). The number of aryl methyl sites for hydroxylation is 1. The number of nitrogens with two attached hydrogens (primary N) is 1. The van der Waals surface area contributed by atoms with Crippen LogP contribution in [0.4, 0.5) is 5.82 Å². The van der Waals surface area contributed by atoms with Gasteiger partial charge < -0.3 is 10.5 Å². The topological polar surface area (TPSA) is 73.9 Å². The molecule has 0 saturated heterocycles. The van der Waals surface area contributed by atoms with Crippen LogP contribution in [0.1, 0.15) is 23.9 Å². The van der Waals surface area contributed by atoms with E-state index in [0.29, 0.717) is 18.0 Å². The first kappa shape index (κ1) is 12.3. The van der Waals surface area contributed by atoms with Crippen LogP contribution in [0.15, 0.2) is 24.7 Å². The van der Waals surface area contributed by atoms with Gasteiger partial charge in [0.15, 0.2) is 11.6 Å². The molecule has 0 aromatic carbocycles. The minimum Gasteiger partial charge on any atom is -0.491 e. The SMILES string of the molecule is CCc1ccc(Cc2ncnc(N)c2OC)nc1. The Morgan fingerprint density at radius 2 is 2.06 bits per heavy atom. The Kier molecular flexibility index (Phi) is 3.72. The molecule has 0 unspecified atom stereocenters. The van der Waals surface area contributed by atoms with Crippen LogP contribution in [0, 0.1) is 0 Å². The second-order valence-electron chi connectivity index (χ2n) is 3.93. The van der Waals surface area contributed by atoms with Crippen molar-refractivity contribution in [2.24, 2.45) is 0 Å². The lowest BCUT2D eigenvalue weighted by Crippen LogP contribution is -2.04. The Labute approximate surface area is 106 Å². The number of ether oxygens (including phenoxy) is 1. The van der Waals surface area contributed by atoms with Crippen LogP contribution in [0.5, 0.6) is 5.75 Å². The summed E-state index contributed by atoms with van der Waals surface area (Å²) in [6.07, 6.45) is 4.89. The first-order valence-corrected chi connectivity index (χ1v) is 5.81. The highest BCUT2D eigenvalue weighted by molar-refractivity contribution is 5.48. The van der Waals surface area contributed by atoms with E-state index < -0.39 is 0 Å². The molecule has 0 aliphatic heterocycles. The minimum absolute atomic E-state index is 0.354. The van der Waals surface area contributed by atoms with Crippen molar-refractivity contribution < 1.29 is 4.74 Å². The van der Waals surface area contributed by atoms with Crippen molar-refractivity contribution in [1.29, 1.82) is 0 Å². The van der Waals surface area contributed by atoms with Gasteiger partial charge in [-0.3, -0.25) is 4.98 Å². The number of methoxy groups -OCH3 is 1. The summed E-state index contributed by atoms with van der Waals surface area (Å²) in [6.45, 7) is 2.10. The smallest absolute Gasteiger partial charge is 0.182 e. The second-order valence-corrected chi connectivity index (χ2v) is 3.93. The summed E-state index contributed by atoms with van der Waals surface area (Å²) in [5, 5.41) is 0. The van der Waals surface area contributed by atoms with Gasteiger partial charge in [0, 0.05) is 18.3 Å². The van der Waals surface area contributed by atoms with E-state index in [4.69, 9.17) is 10.5 Å². The molecule has 2 N–H and O–H groups in total. The maximum Gasteiger partial charge on any atom is 0.182 e. The summed E-state index contributed by atoms with van der Waals surface area (Å²) < 4.78 is 5.22. The number of nitrogen functional groups attached to an aromatic ring is 1. The lowest BCUT2D eigenvalue weighted by molar-refractivity contribution is 0.408. The van der Waals surface area contributed by atoms with Gasteiger partial charge in [-0.2, -0.15) is 0 Å². The number of hydrogen-bond acceptors (Lipinski definition) is 5. The molecular formula is C13H16N4O. The summed E-state index contributed by atoms with van der Waals surface area (Å²) in [5.74, 6) is 0.881. The summed E-state index contributed by atoms with van der Waals surface area (Å²) in [7, 11) is 1.56. The average Bonchev–Trinajstić information content (AvgIpc) is 2.40. The van der Waals surface area contributed by atoms with E-state index in [9.17, 15) is 0 Å². The van der Waals surface area contributed by atoms with Crippen LogP contribution in [0.3, 0.4) is 0 Å². The molecule has 0 aliphatic rings. The fourth-order valence-electron chi connectivity index (χ4n) is 1.71. The minimum atomic E-state index is 0.354. The van der Waals surface area contributed by atoms with Crippen molar-refractivity contribution >= 4 is 5.82 Å². The van der Waals surface area contributed by atoms with Crippen LogP contribution in [0.2, 0.25) is 0 Å². The second kappa shape index (κ2) is 5.44. The summed E-state index contributed by atoms with van der Waals surface area (Å²) in [5.41, 5.74) is 8.64. The van der Waals surface area contributed by atoms with E-state index >= 15 is 0 Å². The van der Waals surface area contributed by atoms with E-state index in [2.05, 4.69) is 27.9 Å². The molecule has 0 atom stereocenters. The van der Waals surface area contributed by atoms with Crippen molar-refractivity contribution in [2.75, 3.05) is 12.8 Å². The van der Waals surface area contributed by atoms with Crippen LogP contribution < -0.4 is 10.5 Å². The normalized spacial score (nSPS) is 10.3. The van der Waals surface area contributed by atoms with Gasteiger partial charge >= 0.3 is 0 Å². The highest BCUT2D eigenvalue weighted by Gasteiger charge is 2.10. The van der Waals surface area contributed by atoms with Crippen molar-refractivity contribution in [3.8, 4) is 5.75 Å². The molecule has 0 bridgehead atoms. The largest absolute Gasteiger partial charge is 0.491 e. The van der Waals surface area contributed by atoms with Crippen LogP contribution in [-0.4, -0.2) is 22.1 Å². The van der Waals surface area contributed by atoms with Crippen molar-refractivity contribution in [2.45, 2.75) is 19.8 Å². The molecule has 2 aromatic rings. The molecule has 0 aliphatic carbocycles. The molecule has 18 heavy (non-hydrogen) atoms. The van der Waals surface area contributed by atoms with Gasteiger partial charge in [0.1, 0.15) is 6.33 Å². The van der Waals surface area contributed by atoms with E-state index in [1.54, 1.807) is 7.11 Å². The van der Waals surface area contributed by atoms with E-state index in [1.807, 2.05) is 12.3 Å². The van der Waals surface area contributed by atoms with Gasteiger partial charge in [0.25, 0.3) is 0 Å². The third-order valence-corrected chi connectivity index (χ3v) is 2.75. The number of rotatable bonds is 4. The zero-order valence-corrected chi connectivity index (χ0v) is 10.6. The van der Waals surface area contributed by atoms with E-state index in [1.165, 1.54) is 11.9 Å². The van der Waals surface area contributed by atoms with E-state index in [0.717, 1.165) is 17.8 Å². The predicted octanol–water partition coefficient (Wildman–Crippen LogP) is 1.62. The molecular weight excluding hydrogens is 228 g/mol. The number of anilines is 1. The lowest BCUT2D eigenvalue weighted by atomic mass is 10.1. The van der Waals surface area contributed by atoms with Crippen molar-refractivity contribution in [3.63, 3.8) is 0 Å². The van der Waals surface area contributed by atoms with Gasteiger partial charge in [0.2, 0.25) is 0 Å². The Morgan fingerprint density at radius 3 is 2.67 bits per heavy atom. The van der Waals surface area contributed by atoms with Gasteiger partial charge in [-0.05, 0) is 18.1 Å². The Morgan fingerprint density at radius 1 is 1.22 bits per heavy atom. The van der Waals surface area contributed by atoms with Gasteiger partial charge in [-0.25, -0.2) is 9.97 Å². The lowest BCUT2D eigenvalue weighted by Gasteiger charge is -2.08. The summed E-state index contributed by atoms with van der Waals surface area (Å²) in [6, 6.07) is 4.07. The third-order valence-electron chi connectivity index (χ3n) is 2.75. The highest BCUT2D eigenvalue weighted by Crippen LogP contribution is 2.23. The third kappa shape index (κ3) is 2.56. The average molecular weight is 244 g/mol. The Bertz CT molecular complexity index is 525. The molecule has 2 heterocycles. The van der Waals surface area contributed by atoms with Gasteiger partial charge in [0.05, 0.1) is 12.8 Å².